The molecule has 0 amide bonds. The van der Waals surface area contributed by atoms with Gasteiger partial charge in [-0.05, 0) is 37.9 Å². The highest BCUT2D eigenvalue weighted by Gasteiger charge is 2.36. The van der Waals surface area contributed by atoms with Crippen LogP contribution in [0, 0.1) is 0 Å². The first-order valence-corrected chi connectivity index (χ1v) is 8.02. The third kappa shape index (κ3) is 3.83. The number of hydrogen-bond donors (Lipinski definition) is 2. The topological polar surface area (TPSA) is 44.7 Å². The Morgan fingerprint density at radius 2 is 2.00 bits per heavy atom. The van der Waals surface area contributed by atoms with E-state index < -0.39 is 0 Å². The molecule has 2 saturated heterocycles. The summed E-state index contributed by atoms with van der Waals surface area (Å²) >= 11 is 0. The molecule has 1 atom stereocenters. The molecule has 4 heteroatoms. The first-order valence-electron chi connectivity index (χ1n) is 8.02. The average Bonchev–Trinajstić information content (AvgIpc) is 2.99. The fourth-order valence-electron chi connectivity index (χ4n) is 3.40. The van der Waals surface area contributed by atoms with Crippen LogP contribution >= 0.6 is 0 Å². The number of benzene rings is 1. The molecule has 0 saturated carbocycles. The molecule has 0 aliphatic carbocycles. The quantitative estimate of drug-likeness (QED) is 0.860. The summed E-state index contributed by atoms with van der Waals surface area (Å²) in [5, 5.41) is 13.3. The molecule has 4 nitrogen and oxygen atoms in total. The molecular weight excluding hydrogens is 264 g/mol. The van der Waals surface area contributed by atoms with Crippen LogP contribution < -0.4 is 5.32 Å². The van der Waals surface area contributed by atoms with Gasteiger partial charge in [0.1, 0.15) is 0 Å². The van der Waals surface area contributed by atoms with Crippen molar-refractivity contribution >= 4 is 0 Å². The molecule has 116 valence electrons. The van der Waals surface area contributed by atoms with Crippen molar-refractivity contribution in [2.24, 2.45) is 0 Å². The lowest BCUT2D eigenvalue weighted by atomic mass is 9.95. The molecule has 1 aromatic carbocycles. The van der Waals surface area contributed by atoms with Crippen LogP contribution in [0.2, 0.25) is 0 Å². The van der Waals surface area contributed by atoms with E-state index in [2.05, 4.69) is 40.5 Å². The van der Waals surface area contributed by atoms with Gasteiger partial charge in [0.15, 0.2) is 0 Å². The molecule has 2 aliphatic rings. The monoisotopic (exact) mass is 290 g/mol. The summed E-state index contributed by atoms with van der Waals surface area (Å²) in [6.45, 7) is 4.87. The number of nitrogens with zero attached hydrogens (tertiary/aromatic N) is 1. The predicted molar refractivity (Wildman–Crippen MR) is 83.1 cm³/mol. The summed E-state index contributed by atoms with van der Waals surface area (Å²) in [4.78, 5) is 2.52. The summed E-state index contributed by atoms with van der Waals surface area (Å²) in [5.41, 5.74) is 1.20. The van der Waals surface area contributed by atoms with Crippen LogP contribution in [-0.4, -0.2) is 54.5 Å². The molecule has 0 unspecified atom stereocenters. The van der Waals surface area contributed by atoms with Crippen LogP contribution in [-0.2, 0) is 11.3 Å². The van der Waals surface area contributed by atoms with Crippen LogP contribution in [0.1, 0.15) is 24.8 Å². The summed E-state index contributed by atoms with van der Waals surface area (Å²) < 4.78 is 5.46. The third-order valence-electron chi connectivity index (χ3n) is 4.75. The van der Waals surface area contributed by atoms with Gasteiger partial charge < -0.3 is 15.2 Å². The molecule has 2 heterocycles. The number of aliphatic hydroxyl groups is 1. The van der Waals surface area contributed by atoms with E-state index >= 15 is 0 Å². The minimum Gasteiger partial charge on any atom is -0.394 e. The lowest BCUT2D eigenvalue weighted by Gasteiger charge is -2.37. The molecule has 0 radical (unpaired) electrons. The SMILES string of the molecule is OC[C@@]1(NC2CCN(Cc3ccccc3)CC2)CCOC1. The van der Waals surface area contributed by atoms with E-state index in [1.54, 1.807) is 0 Å². The molecule has 2 N–H and O–H groups in total. The summed E-state index contributed by atoms with van der Waals surface area (Å²) in [7, 11) is 0. The minimum atomic E-state index is -0.188. The second-order valence-corrected chi connectivity index (χ2v) is 6.42. The molecule has 2 aliphatic heterocycles. The zero-order valence-electron chi connectivity index (χ0n) is 12.6. The third-order valence-corrected chi connectivity index (χ3v) is 4.75. The number of aliphatic hydroxyl groups excluding tert-OH is 1. The van der Waals surface area contributed by atoms with Crippen molar-refractivity contribution in [3.8, 4) is 0 Å². The first-order chi connectivity index (χ1) is 10.3. The average molecular weight is 290 g/mol. The predicted octanol–water partition coefficient (Wildman–Crippen LogP) is 1.39. The van der Waals surface area contributed by atoms with E-state index in [4.69, 9.17) is 4.74 Å². The Labute approximate surface area is 127 Å². The second kappa shape index (κ2) is 6.88. The van der Waals surface area contributed by atoms with E-state index in [0.717, 1.165) is 45.5 Å². The van der Waals surface area contributed by atoms with Gasteiger partial charge in [0.2, 0.25) is 0 Å². The van der Waals surface area contributed by atoms with Crippen molar-refractivity contribution in [3.05, 3.63) is 35.9 Å². The Morgan fingerprint density at radius 3 is 2.62 bits per heavy atom. The zero-order valence-corrected chi connectivity index (χ0v) is 12.6. The summed E-state index contributed by atoms with van der Waals surface area (Å²) in [6.07, 6.45) is 3.22. The number of hydrogen-bond acceptors (Lipinski definition) is 4. The van der Waals surface area contributed by atoms with Gasteiger partial charge in [0, 0.05) is 19.2 Å². The zero-order chi connectivity index (χ0) is 14.5. The maximum absolute atomic E-state index is 9.64. The Hall–Kier alpha value is -0.940. The molecule has 3 rings (SSSR count). The largest absolute Gasteiger partial charge is 0.394 e. The molecule has 0 spiro atoms. The van der Waals surface area contributed by atoms with Gasteiger partial charge in [-0.25, -0.2) is 0 Å². The fourth-order valence-corrected chi connectivity index (χ4v) is 3.40. The van der Waals surface area contributed by atoms with Crippen LogP contribution in [0.3, 0.4) is 0 Å². The van der Waals surface area contributed by atoms with Gasteiger partial charge in [-0.1, -0.05) is 30.3 Å². The maximum Gasteiger partial charge on any atom is 0.0675 e. The van der Waals surface area contributed by atoms with Crippen molar-refractivity contribution in [1.29, 1.82) is 0 Å². The second-order valence-electron chi connectivity index (χ2n) is 6.42. The van der Waals surface area contributed by atoms with Crippen molar-refractivity contribution in [2.75, 3.05) is 32.9 Å². The summed E-state index contributed by atoms with van der Waals surface area (Å²) in [6, 6.07) is 11.2. The maximum atomic E-state index is 9.64. The van der Waals surface area contributed by atoms with Crippen molar-refractivity contribution in [1.82, 2.24) is 10.2 Å². The lowest BCUT2D eigenvalue weighted by Crippen LogP contribution is -2.56. The number of ether oxygens (including phenoxy) is 1. The van der Waals surface area contributed by atoms with Gasteiger partial charge in [0.05, 0.1) is 18.8 Å². The molecule has 0 aromatic heterocycles. The van der Waals surface area contributed by atoms with Crippen molar-refractivity contribution in [2.45, 2.75) is 37.4 Å². The number of likely N-dealkylation sites (tertiary alicyclic amines) is 1. The van der Waals surface area contributed by atoms with E-state index in [1.165, 1.54) is 5.56 Å². The Morgan fingerprint density at radius 1 is 1.24 bits per heavy atom. The molecule has 1 aromatic rings. The Bertz CT molecular complexity index is 424. The van der Waals surface area contributed by atoms with Gasteiger partial charge in [-0.2, -0.15) is 0 Å². The highest BCUT2D eigenvalue weighted by Crippen LogP contribution is 2.22. The normalized spacial score (nSPS) is 28.0. The van der Waals surface area contributed by atoms with Crippen LogP contribution in [0.15, 0.2) is 30.3 Å². The molecule has 21 heavy (non-hydrogen) atoms. The molecule has 0 bridgehead atoms. The Balaban J connectivity index is 1.47. The van der Waals surface area contributed by atoms with Crippen LogP contribution in [0.25, 0.3) is 0 Å². The first kappa shape index (κ1) is 15.0. The van der Waals surface area contributed by atoms with Crippen molar-refractivity contribution in [3.63, 3.8) is 0 Å². The molecule has 2 fully saturated rings. The lowest BCUT2D eigenvalue weighted by molar-refractivity contribution is 0.0960. The van der Waals surface area contributed by atoms with Crippen LogP contribution in [0.4, 0.5) is 0 Å². The number of piperidine rings is 1. The van der Waals surface area contributed by atoms with Gasteiger partial charge >= 0.3 is 0 Å². The van der Waals surface area contributed by atoms with E-state index in [1.807, 2.05) is 0 Å². The van der Waals surface area contributed by atoms with E-state index in [-0.39, 0.29) is 12.1 Å². The minimum absolute atomic E-state index is 0.178. The number of nitrogens with one attached hydrogen (secondary N) is 1. The van der Waals surface area contributed by atoms with Gasteiger partial charge in [-0.3, -0.25) is 4.90 Å². The van der Waals surface area contributed by atoms with E-state index in [9.17, 15) is 5.11 Å². The Kier molecular flexibility index (Phi) is 4.91. The fraction of sp³-hybridized carbons (Fsp3) is 0.647. The van der Waals surface area contributed by atoms with Crippen molar-refractivity contribution < 1.29 is 9.84 Å². The van der Waals surface area contributed by atoms with Gasteiger partial charge in [0.25, 0.3) is 0 Å². The number of rotatable bonds is 5. The van der Waals surface area contributed by atoms with E-state index in [0.29, 0.717) is 12.6 Å². The van der Waals surface area contributed by atoms with Crippen LogP contribution in [0.5, 0.6) is 0 Å². The van der Waals surface area contributed by atoms with Gasteiger partial charge in [-0.15, -0.1) is 0 Å². The standard InChI is InChI=1S/C17H26N2O2/c20-13-17(8-11-21-14-17)18-16-6-9-19(10-7-16)12-15-4-2-1-3-5-15/h1-5,16,18,20H,6-14H2/t17-/m0/s1. The highest BCUT2D eigenvalue weighted by atomic mass is 16.5. The highest BCUT2D eigenvalue weighted by molar-refractivity contribution is 5.14. The summed E-state index contributed by atoms with van der Waals surface area (Å²) in [5.74, 6) is 0. The molecular formula is C17H26N2O2. The smallest absolute Gasteiger partial charge is 0.0675 e.